The standard InChI is InChI=1S/C16H21NO10/c1-26-11-10(20)8(18)7(9(19)12(11)27-6-4-2-3-5-6)13-15(22,23)14(21)17-16(13,24)25/h6,13,18-20,22-25H,2-5H2,1H3,(H,17,21). The summed E-state index contributed by atoms with van der Waals surface area (Å²) in [5.74, 6) is -14.5. The van der Waals surface area contributed by atoms with Gasteiger partial charge in [-0.25, -0.2) is 0 Å². The van der Waals surface area contributed by atoms with Crippen LogP contribution >= 0.6 is 0 Å². The number of carbonyl (C=O) groups is 1. The zero-order chi connectivity index (χ0) is 20.1. The molecule has 1 aromatic carbocycles. The van der Waals surface area contributed by atoms with Gasteiger partial charge in [-0.05, 0) is 25.7 Å². The number of ether oxygens (including phenoxy) is 2. The average Bonchev–Trinajstić information content (AvgIpc) is 3.13. The molecule has 0 radical (unpaired) electrons. The van der Waals surface area contributed by atoms with Crippen molar-refractivity contribution in [1.82, 2.24) is 5.32 Å². The van der Waals surface area contributed by atoms with E-state index in [9.17, 15) is 40.5 Å². The van der Waals surface area contributed by atoms with Crippen LogP contribution in [0.2, 0.25) is 0 Å². The van der Waals surface area contributed by atoms with E-state index in [0.29, 0.717) is 12.8 Å². The van der Waals surface area contributed by atoms with E-state index in [0.717, 1.165) is 20.0 Å². The lowest BCUT2D eigenvalue weighted by Gasteiger charge is -2.30. The summed E-state index contributed by atoms with van der Waals surface area (Å²) in [6.45, 7) is 0. The topological polar surface area (TPSA) is 189 Å². The van der Waals surface area contributed by atoms with Crippen molar-refractivity contribution in [3.8, 4) is 28.7 Å². The zero-order valence-electron chi connectivity index (χ0n) is 14.3. The van der Waals surface area contributed by atoms with Gasteiger partial charge >= 0.3 is 0 Å². The van der Waals surface area contributed by atoms with Gasteiger partial charge < -0.3 is 45.2 Å². The normalized spacial score (nSPS) is 24.0. The minimum absolute atomic E-state index is 0.342. The van der Waals surface area contributed by atoms with Crippen molar-refractivity contribution in [3.63, 3.8) is 0 Å². The van der Waals surface area contributed by atoms with E-state index < -0.39 is 57.8 Å². The highest BCUT2D eigenvalue weighted by Gasteiger charge is 2.64. The predicted octanol–water partition coefficient (Wildman–Crippen LogP) is -1.33. The second-order valence-electron chi connectivity index (χ2n) is 6.69. The Balaban J connectivity index is 2.21. The average molecular weight is 387 g/mol. The number of phenols is 3. The maximum Gasteiger partial charge on any atom is 0.284 e. The number of methoxy groups -OCH3 is 1. The molecular weight excluding hydrogens is 366 g/mol. The lowest BCUT2D eigenvalue weighted by molar-refractivity contribution is -0.232. The van der Waals surface area contributed by atoms with Crippen molar-refractivity contribution in [2.45, 2.75) is 49.4 Å². The molecule has 11 heteroatoms. The van der Waals surface area contributed by atoms with Crippen LogP contribution in [-0.2, 0) is 4.79 Å². The Morgan fingerprint density at radius 1 is 0.963 bits per heavy atom. The van der Waals surface area contributed by atoms with Crippen molar-refractivity contribution < 1.29 is 50.0 Å². The number of hydrogen-bond donors (Lipinski definition) is 8. The quantitative estimate of drug-likeness (QED) is 0.174. The fourth-order valence-corrected chi connectivity index (χ4v) is 3.58. The predicted molar refractivity (Wildman–Crippen MR) is 86.1 cm³/mol. The summed E-state index contributed by atoms with van der Waals surface area (Å²) in [4.78, 5) is 11.7. The van der Waals surface area contributed by atoms with Crippen molar-refractivity contribution in [3.05, 3.63) is 5.56 Å². The number of aliphatic hydroxyl groups is 4. The molecule has 1 atom stereocenters. The van der Waals surface area contributed by atoms with E-state index >= 15 is 0 Å². The highest BCUT2D eigenvalue weighted by Crippen LogP contribution is 2.58. The lowest BCUT2D eigenvalue weighted by atomic mass is 9.87. The van der Waals surface area contributed by atoms with Crippen molar-refractivity contribution in [1.29, 1.82) is 0 Å². The lowest BCUT2D eigenvalue weighted by Crippen LogP contribution is -2.46. The Hall–Kier alpha value is -2.47. The molecule has 2 fully saturated rings. The largest absolute Gasteiger partial charge is 0.504 e. The van der Waals surface area contributed by atoms with Crippen LogP contribution in [-0.4, -0.2) is 66.6 Å². The van der Waals surface area contributed by atoms with Crippen LogP contribution in [0.5, 0.6) is 28.7 Å². The maximum atomic E-state index is 11.7. The number of hydrogen-bond acceptors (Lipinski definition) is 10. The molecule has 27 heavy (non-hydrogen) atoms. The van der Waals surface area contributed by atoms with Crippen LogP contribution in [0.1, 0.15) is 37.2 Å². The molecule has 1 saturated carbocycles. The van der Waals surface area contributed by atoms with E-state index in [1.54, 1.807) is 0 Å². The molecule has 1 amide bonds. The molecule has 150 valence electrons. The number of amides is 1. The van der Waals surface area contributed by atoms with Gasteiger partial charge in [-0.2, -0.15) is 0 Å². The third-order valence-electron chi connectivity index (χ3n) is 4.89. The molecule has 3 rings (SSSR count). The minimum Gasteiger partial charge on any atom is -0.504 e. The van der Waals surface area contributed by atoms with E-state index in [1.807, 2.05) is 0 Å². The van der Waals surface area contributed by atoms with Crippen molar-refractivity contribution in [2.75, 3.05) is 7.11 Å². The SMILES string of the molecule is COc1c(O)c(O)c(C2C(O)(O)NC(=O)C2(O)O)c(O)c1OC1CCCC1. The number of benzene rings is 1. The monoisotopic (exact) mass is 387 g/mol. The first-order valence-corrected chi connectivity index (χ1v) is 8.25. The molecule has 1 saturated heterocycles. The molecule has 0 aromatic heterocycles. The second kappa shape index (κ2) is 6.30. The highest BCUT2D eigenvalue weighted by molar-refractivity contribution is 5.89. The highest BCUT2D eigenvalue weighted by atomic mass is 16.6. The summed E-state index contributed by atoms with van der Waals surface area (Å²) in [6, 6.07) is 0. The van der Waals surface area contributed by atoms with Crippen LogP contribution in [0.3, 0.4) is 0 Å². The molecule has 1 aromatic rings. The summed E-state index contributed by atoms with van der Waals surface area (Å²) in [6.07, 6.45) is 2.70. The third-order valence-corrected chi connectivity index (χ3v) is 4.89. The fourth-order valence-electron chi connectivity index (χ4n) is 3.58. The first-order valence-electron chi connectivity index (χ1n) is 8.25. The van der Waals surface area contributed by atoms with Crippen molar-refractivity contribution >= 4 is 5.91 Å². The van der Waals surface area contributed by atoms with Crippen LogP contribution in [0.25, 0.3) is 0 Å². The van der Waals surface area contributed by atoms with Gasteiger partial charge in [0, 0.05) is 0 Å². The van der Waals surface area contributed by atoms with E-state index in [4.69, 9.17) is 9.47 Å². The van der Waals surface area contributed by atoms with E-state index in [2.05, 4.69) is 0 Å². The van der Waals surface area contributed by atoms with Crippen LogP contribution in [0.15, 0.2) is 0 Å². The summed E-state index contributed by atoms with van der Waals surface area (Å²) in [7, 11) is 1.14. The smallest absolute Gasteiger partial charge is 0.284 e. The first-order chi connectivity index (χ1) is 12.5. The second-order valence-corrected chi connectivity index (χ2v) is 6.69. The summed E-state index contributed by atoms with van der Waals surface area (Å²) in [5, 5.41) is 72.6. The van der Waals surface area contributed by atoms with Crippen LogP contribution in [0, 0.1) is 0 Å². The molecule has 1 unspecified atom stereocenters. The van der Waals surface area contributed by atoms with Crippen LogP contribution in [0.4, 0.5) is 0 Å². The van der Waals surface area contributed by atoms with Crippen LogP contribution < -0.4 is 14.8 Å². The Bertz CT molecular complexity index is 769. The van der Waals surface area contributed by atoms with Gasteiger partial charge in [-0.15, -0.1) is 0 Å². The number of aromatic hydroxyl groups is 3. The third kappa shape index (κ3) is 2.88. The van der Waals surface area contributed by atoms with E-state index in [-0.39, 0.29) is 6.10 Å². The van der Waals surface area contributed by atoms with Gasteiger partial charge in [0.05, 0.1) is 18.8 Å². The Morgan fingerprint density at radius 3 is 2.04 bits per heavy atom. The summed E-state index contributed by atoms with van der Waals surface area (Å²) in [5.41, 5.74) is -0.908. The minimum atomic E-state index is -3.41. The number of rotatable bonds is 4. The molecule has 11 nitrogen and oxygen atoms in total. The molecule has 0 spiro atoms. The molecule has 0 bridgehead atoms. The zero-order valence-corrected chi connectivity index (χ0v) is 14.3. The molecule has 1 aliphatic heterocycles. The molecular formula is C16H21NO10. The Labute approximate surface area is 153 Å². The summed E-state index contributed by atoms with van der Waals surface area (Å²) < 4.78 is 10.6. The fraction of sp³-hybridized carbons (Fsp3) is 0.562. The number of nitrogens with one attached hydrogen (secondary N) is 1. The number of phenolic OH excluding ortho intramolecular Hbond substituents is 3. The van der Waals surface area contributed by atoms with Gasteiger partial charge in [0.15, 0.2) is 11.5 Å². The summed E-state index contributed by atoms with van der Waals surface area (Å²) >= 11 is 0. The Kier molecular flexibility index (Phi) is 4.50. The molecule has 1 heterocycles. The molecule has 8 N–H and O–H groups in total. The van der Waals surface area contributed by atoms with Gasteiger partial charge in [-0.3, -0.25) is 10.1 Å². The molecule has 1 aliphatic carbocycles. The van der Waals surface area contributed by atoms with Gasteiger partial charge in [-0.1, -0.05) is 0 Å². The Morgan fingerprint density at radius 2 is 1.56 bits per heavy atom. The van der Waals surface area contributed by atoms with E-state index in [1.165, 1.54) is 5.32 Å². The van der Waals surface area contributed by atoms with Gasteiger partial charge in [0.2, 0.25) is 17.2 Å². The van der Waals surface area contributed by atoms with Gasteiger partial charge in [0.1, 0.15) is 5.92 Å². The maximum absolute atomic E-state index is 11.7. The van der Waals surface area contributed by atoms with Crippen molar-refractivity contribution in [2.24, 2.45) is 0 Å². The first kappa shape index (κ1) is 19.3. The molecule has 2 aliphatic rings. The van der Waals surface area contributed by atoms with Gasteiger partial charge in [0.25, 0.3) is 17.6 Å². The number of carbonyl (C=O) groups excluding carboxylic acids is 1.